The molecule has 0 aliphatic carbocycles. The van der Waals surface area contributed by atoms with Gasteiger partial charge in [-0.15, -0.1) is 0 Å². The van der Waals surface area contributed by atoms with Crippen molar-refractivity contribution in [3.05, 3.63) is 52.8 Å². The van der Waals surface area contributed by atoms with Gasteiger partial charge in [0.2, 0.25) is 11.8 Å². The van der Waals surface area contributed by atoms with Gasteiger partial charge >= 0.3 is 0 Å². The Kier molecular flexibility index (Phi) is 5.38. The number of hydrogen-bond donors (Lipinski definition) is 1. The molecule has 7 heteroatoms. The van der Waals surface area contributed by atoms with Crippen LogP contribution in [0.3, 0.4) is 0 Å². The van der Waals surface area contributed by atoms with Gasteiger partial charge in [-0.25, -0.2) is 0 Å². The molecule has 1 N–H and O–H groups in total. The van der Waals surface area contributed by atoms with Crippen LogP contribution in [0.25, 0.3) is 0 Å². The molecule has 1 aliphatic heterocycles. The van der Waals surface area contributed by atoms with Crippen LogP contribution >= 0.6 is 11.6 Å². The van der Waals surface area contributed by atoms with Gasteiger partial charge < -0.3 is 10.2 Å². The van der Waals surface area contributed by atoms with Crippen LogP contribution in [0, 0.1) is 6.92 Å². The third-order valence-corrected chi connectivity index (χ3v) is 4.75. The molecule has 0 unspecified atom stereocenters. The Bertz CT molecular complexity index is 774. The molecule has 2 aromatic rings. The first-order valence-electron chi connectivity index (χ1n) is 8.32. The van der Waals surface area contributed by atoms with E-state index >= 15 is 0 Å². The van der Waals surface area contributed by atoms with Gasteiger partial charge in [-0.3, -0.25) is 14.3 Å². The fraction of sp³-hybridized carbons (Fsp3) is 0.389. The largest absolute Gasteiger partial charge is 0.351 e. The Morgan fingerprint density at radius 3 is 2.88 bits per heavy atom. The number of carbonyl (C=O) groups excluding carboxylic acids is 2. The van der Waals surface area contributed by atoms with Gasteiger partial charge in [0.1, 0.15) is 0 Å². The zero-order valence-electron chi connectivity index (χ0n) is 14.1. The summed E-state index contributed by atoms with van der Waals surface area (Å²) < 4.78 is 1.79. The molecule has 1 atom stereocenters. The first-order valence-corrected chi connectivity index (χ1v) is 8.69. The molecule has 2 amide bonds. The number of rotatable bonds is 6. The van der Waals surface area contributed by atoms with Gasteiger partial charge in [0.05, 0.1) is 6.04 Å². The van der Waals surface area contributed by atoms with Crippen molar-refractivity contribution in [2.24, 2.45) is 0 Å². The first-order chi connectivity index (χ1) is 12.0. The van der Waals surface area contributed by atoms with Gasteiger partial charge in [-0.1, -0.05) is 29.8 Å². The summed E-state index contributed by atoms with van der Waals surface area (Å²) in [6.07, 6.45) is 2.39. The highest BCUT2D eigenvalue weighted by Crippen LogP contribution is 2.20. The lowest BCUT2D eigenvalue weighted by Gasteiger charge is -2.18. The number of aryl methyl sites for hydroxylation is 2. The van der Waals surface area contributed by atoms with Crippen molar-refractivity contribution in [1.29, 1.82) is 0 Å². The lowest BCUT2D eigenvalue weighted by atomic mass is 10.2. The molecule has 0 radical (unpaired) electrons. The van der Waals surface area contributed by atoms with Crippen LogP contribution in [-0.2, 0) is 22.7 Å². The number of amides is 2. The molecular formula is C18H21ClN4O2. The van der Waals surface area contributed by atoms with E-state index in [1.165, 1.54) is 0 Å². The first kappa shape index (κ1) is 17.5. The van der Waals surface area contributed by atoms with Gasteiger partial charge in [0.25, 0.3) is 0 Å². The van der Waals surface area contributed by atoms with E-state index in [0.29, 0.717) is 37.5 Å². The SMILES string of the molecule is Cc1ccnn1CCC(=O)N[C@H]1CC(=O)N(Cc2ccccc2Cl)C1. The maximum absolute atomic E-state index is 12.2. The van der Waals surface area contributed by atoms with Crippen molar-refractivity contribution in [2.45, 2.75) is 38.9 Å². The number of benzene rings is 1. The number of nitrogens with zero attached hydrogens (tertiary/aromatic N) is 3. The molecule has 3 rings (SSSR count). The standard InChI is InChI=1S/C18H21ClN4O2/c1-13-6-8-20-23(13)9-7-17(24)21-15-10-18(25)22(12-15)11-14-4-2-3-5-16(14)19/h2-6,8,15H,7,9-12H2,1H3,(H,21,24)/t15-/m0/s1. The summed E-state index contributed by atoms with van der Waals surface area (Å²) in [5.74, 6) is -0.0274. The van der Waals surface area contributed by atoms with Gasteiger partial charge in [0.15, 0.2) is 0 Å². The van der Waals surface area contributed by atoms with E-state index in [2.05, 4.69) is 10.4 Å². The fourth-order valence-electron chi connectivity index (χ4n) is 2.99. The predicted octanol–water partition coefficient (Wildman–Crippen LogP) is 2.15. The zero-order chi connectivity index (χ0) is 17.8. The summed E-state index contributed by atoms with van der Waals surface area (Å²) >= 11 is 6.16. The molecule has 25 heavy (non-hydrogen) atoms. The van der Waals surface area contributed by atoms with Crippen molar-refractivity contribution in [1.82, 2.24) is 20.0 Å². The second-order valence-corrected chi connectivity index (χ2v) is 6.69. The number of halogens is 1. The molecule has 1 aromatic heterocycles. The molecular weight excluding hydrogens is 340 g/mol. The van der Waals surface area contributed by atoms with Crippen molar-refractivity contribution in [3.8, 4) is 0 Å². The van der Waals surface area contributed by atoms with Gasteiger partial charge in [-0.2, -0.15) is 5.10 Å². The minimum Gasteiger partial charge on any atom is -0.351 e. The Hall–Kier alpha value is -2.34. The van der Waals surface area contributed by atoms with E-state index in [1.54, 1.807) is 15.8 Å². The summed E-state index contributed by atoms with van der Waals surface area (Å²) in [6, 6.07) is 9.24. The lowest BCUT2D eigenvalue weighted by molar-refractivity contribution is -0.128. The van der Waals surface area contributed by atoms with Crippen LogP contribution in [0.15, 0.2) is 36.5 Å². The highest BCUT2D eigenvalue weighted by Gasteiger charge is 2.30. The number of aromatic nitrogens is 2. The molecule has 0 spiro atoms. The average molecular weight is 361 g/mol. The third-order valence-electron chi connectivity index (χ3n) is 4.38. The number of nitrogens with one attached hydrogen (secondary N) is 1. The van der Waals surface area contributed by atoms with Crippen molar-refractivity contribution in [3.63, 3.8) is 0 Å². The van der Waals surface area contributed by atoms with E-state index in [4.69, 9.17) is 11.6 Å². The Balaban J connectivity index is 1.49. The van der Waals surface area contributed by atoms with Gasteiger partial charge in [-0.05, 0) is 24.6 Å². The summed E-state index contributed by atoms with van der Waals surface area (Å²) in [5, 5.41) is 7.76. The summed E-state index contributed by atoms with van der Waals surface area (Å²) in [5.41, 5.74) is 1.94. The molecule has 0 bridgehead atoms. The third kappa shape index (κ3) is 4.39. The van der Waals surface area contributed by atoms with E-state index in [0.717, 1.165) is 11.3 Å². The molecule has 0 saturated carbocycles. The van der Waals surface area contributed by atoms with E-state index in [9.17, 15) is 9.59 Å². The normalized spacial score (nSPS) is 17.1. The average Bonchev–Trinajstić information content (AvgIpc) is 3.13. The van der Waals surface area contributed by atoms with Crippen LogP contribution in [0.5, 0.6) is 0 Å². The molecule has 2 heterocycles. The predicted molar refractivity (Wildman–Crippen MR) is 95.0 cm³/mol. The van der Waals surface area contributed by atoms with Crippen LogP contribution in [-0.4, -0.2) is 39.1 Å². The maximum atomic E-state index is 12.2. The second-order valence-electron chi connectivity index (χ2n) is 6.28. The van der Waals surface area contributed by atoms with Crippen molar-refractivity contribution >= 4 is 23.4 Å². The Labute approximate surface area is 151 Å². The summed E-state index contributed by atoms with van der Waals surface area (Å²) in [4.78, 5) is 26.1. The van der Waals surface area contributed by atoms with Crippen molar-refractivity contribution in [2.75, 3.05) is 6.54 Å². The minimum atomic E-state index is -0.152. The molecule has 1 aliphatic rings. The smallest absolute Gasteiger partial charge is 0.225 e. The molecule has 6 nitrogen and oxygen atoms in total. The van der Waals surface area contributed by atoms with Crippen LogP contribution in [0.1, 0.15) is 24.1 Å². The van der Waals surface area contributed by atoms with Crippen molar-refractivity contribution < 1.29 is 9.59 Å². The number of carbonyl (C=O) groups is 2. The van der Waals surface area contributed by atoms with E-state index in [-0.39, 0.29) is 17.9 Å². The van der Waals surface area contributed by atoms with Crippen LogP contribution < -0.4 is 5.32 Å². The van der Waals surface area contributed by atoms with Crippen LogP contribution in [0.4, 0.5) is 0 Å². The van der Waals surface area contributed by atoms with E-state index in [1.807, 2.05) is 37.3 Å². The highest BCUT2D eigenvalue weighted by atomic mass is 35.5. The molecule has 1 saturated heterocycles. The lowest BCUT2D eigenvalue weighted by Crippen LogP contribution is -2.37. The topological polar surface area (TPSA) is 67.2 Å². The van der Waals surface area contributed by atoms with E-state index < -0.39 is 0 Å². The highest BCUT2D eigenvalue weighted by molar-refractivity contribution is 6.31. The quantitative estimate of drug-likeness (QED) is 0.858. The molecule has 132 valence electrons. The summed E-state index contributed by atoms with van der Waals surface area (Å²) in [6.45, 7) is 3.47. The maximum Gasteiger partial charge on any atom is 0.225 e. The number of hydrogen-bond acceptors (Lipinski definition) is 3. The molecule has 1 aromatic carbocycles. The number of likely N-dealkylation sites (tertiary alicyclic amines) is 1. The van der Waals surface area contributed by atoms with Crippen LogP contribution in [0.2, 0.25) is 5.02 Å². The summed E-state index contributed by atoms with van der Waals surface area (Å²) in [7, 11) is 0. The Morgan fingerprint density at radius 1 is 1.36 bits per heavy atom. The molecule has 1 fully saturated rings. The second kappa shape index (κ2) is 7.70. The Morgan fingerprint density at radius 2 is 2.16 bits per heavy atom. The minimum absolute atomic E-state index is 0.0353. The monoisotopic (exact) mass is 360 g/mol. The fourth-order valence-corrected chi connectivity index (χ4v) is 3.19. The van der Waals surface area contributed by atoms with Gasteiger partial charge in [0, 0.05) is 49.4 Å². The zero-order valence-corrected chi connectivity index (χ0v) is 14.9.